The van der Waals surface area contributed by atoms with Gasteiger partial charge in [0.2, 0.25) is 0 Å². The minimum atomic E-state index is -0.409. The van der Waals surface area contributed by atoms with Gasteiger partial charge in [0.25, 0.3) is 0 Å². The van der Waals surface area contributed by atoms with Gasteiger partial charge in [-0.15, -0.1) is 11.6 Å². The van der Waals surface area contributed by atoms with Crippen molar-refractivity contribution in [2.24, 2.45) is 5.92 Å². The Morgan fingerprint density at radius 1 is 1.50 bits per heavy atom. The SMILES string of the molecule is Fc1cc(Cl)cnc1NCC1CCC(Cl)C1. The van der Waals surface area contributed by atoms with E-state index in [9.17, 15) is 4.39 Å². The van der Waals surface area contributed by atoms with Gasteiger partial charge in [0, 0.05) is 18.1 Å². The standard InChI is InChI=1S/C11H13Cl2FN2/c12-8-2-1-7(3-8)5-15-11-10(14)4-9(13)6-16-11/h4,6-8H,1-3,5H2,(H,15,16). The summed E-state index contributed by atoms with van der Waals surface area (Å²) in [7, 11) is 0. The lowest BCUT2D eigenvalue weighted by atomic mass is 10.1. The van der Waals surface area contributed by atoms with Gasteiger partial charge in [-0.25, -0.2) is 9.37 Å². The van der Waals surface area contributed by atoms with Gasteiger partial charge in [-0.2, -0.15) is 0 Å². The third-order valence-electron chi connectivity index (χ3n) is 2.84. The molecule has 0 aromatic carbocycles. The molecule has 2 nitrogen and oxygen atoms in total. The lowest BCUT2D eigenvalue weighted by Gasteiger charge is -2.11. The van der Waals surface area contributed by atoms with E-state index in [1.54, 1.807) is 0 Å². The average molecular weight is 263 g/mol. The van der Waals surface area contributed by atoms with Crippen molar-refractivity contribution in [2.75, 3.05) is 11.9 Å². The summed E-state index contributed by atoms with van der Waals surface area (Å²) in [6.45, 7) is 0.717. The quantitative estimate of drug-likeness (QED) is 0.841. The highest BCUT2D eigenvalue weighted by molar-refractivity contribution is 6.30. The zero-order chi connectivity index (χ0) is 11.5. The number of nitrogens with zero attached hydrogens (tertiary/aromatic N) is 1. The first-order valence-corrected chi connectivity index (χ1v) is 6.15. The minimum absolute atomic E-state index is 0.266. The second kappa shape index (κ2) is 5.19. The molecule has 88 valence electrons. The molecule has 1 fully saturated rings. The molecular formula is C11H13Cl2FN2. The third-order valence-corrected chi connectivity index (χ3v) is 3.45. The van der Waals surface area contributed by atoms with Gasteiger partial charge >= 0.3 is 0 Å². The molecule has 16 heavy (non-hydrogen) atoms. The van der Waals surface area contributed by atoms with Crippen LogP contribution in [0.4, 0.5) is 10.2 Å². The fraction of sp³-hybridized carbons (Fsp3) is 0.545. The van der Waals surface area contributed by atoms with Crippen LogP contribution in [0.3, 0.4) is 0 Å². The zero-order valence-corrected chi connectivity index (χ0v) is 10.2. The van der Waals surface area contributed by atoms with Crippen molar-refractivity contribution in [3.8, 4) is 0 Å². The largest absolute Gasteiger partial charge is 0.367 e. The van der Waals surface area contributed by atoms with Crippen molar-refractivity contribution in [1.82, 2.24) is 4.98 Å². The van der Waals surface area contributed by atoms with Gasteiger partial charge in [-0.05, 0) is 31.2 Å². The smallest absolute Gasteiger partial charge is 0.166 e. The molecule has 1 aliphatic carbocycles. The van der Waals surface area contributed by atoms with Crippen LogP contribution in [0.25, 0.3) is 0 Å². The number of aromatic nitrogens is 1. The van der Waals surface area contributed by atoms with Crippen LogP contribution in [0.2, 0.25) is 5.02 Å². The van der Waals surface area contributed by atoms with E-state index in [4.69, 9.17) is 23.2 Å². The fourth-order valence-corrected chi connectivity index (χ4v) is 2.51. The Balaban J connectivity index is 1.89. The highest BCUT2D eigenvalue weighted by atomic mass is 35.5. The summed E-state index contributed by atoms with van der Waals surface area (Å²) in [4.78, 5) is 3.91. The molecule has 1 aliphatic rings. The van der Waals surface area contributed by atoms with Gasteiger partial charge in [0.15, 0.2) is 11.6 Å². The minimum Gasteiger partial charge on any atom is -0.367 e. The number of rotatable bonds is 3. The first kappa shape index (κ1) is 11.9. The Morgan fingerprint density at radius 3 is 2.94 bits per heavy atom. The van der Waals surface area contributed by atoms with Gasteiger partial charge in [0.1, 0.15) is 0 Å². The number of anilines is 1. The highest BCUT2D eigenvalue weighted by Gasteiger charge is 2.22. The van der Waals surface area contributed by atoms with E-state index in [1.807, 2.05) is 0 Å². The lowest BCUT2D eigenvalue weighted by molar-refractivity contribution is 0.572. The normalized spacial score (nSPS) is 24.7. The predicted octanol–water partition coefficient (Wildman–Crippen LogP) is 3.69. The van der Waals surface area contributed by atoms with Crippen molar-refractivity contribution in [3.05, 3.63) is 23.1 Å². The molecule has 2 unspecified atom stereocenters. The van der Waals surface area contributed by atoms with E-state index >= 15 is 0 Å². The van der Waals surface area contributed by atoms with Crippen molar-refractivity contribution in [2.45, 2.75) is 24.6 Å². The molecule has 1 heterocycles. The van der Waals surface area contributed by atoms with Crippen molar-refractivity contribution >= 4 is 29.0 Å². The number of hydrogen-bond acceptors (Lipinski definition) is 2. The first-order chi connectivity index (χ1) is 7.65. The van der Waals surface area contributed by atoms with Crippen molar-refractivity contribution < 1.29 is 4.39 Å². The molecule has 0 spiro atoms. The number of hydrogen-bond donors (Lipinski definition) is 1. The molecule has 0 saturated heterocycles. The molecule has 5 heteroatoms. The molecule has 0 radical (unpaired) electrons. The predicted molar refractivity (Wildman–Crippen MR) is 64.7 cm³/mol. The zero-order valence-electron chi connectivity index (χ0n) is 8.72. The highest BCUT2D eigenvalue weighted by Crippen LogP contribution is 2.29. The molecule has 0 bridgehead atoms. The summed E-state index contributed by atoms with van der Waals surface area (Å²) < 4.78 is 13.4. The number of nitrogens with one attached hydrogen (secondary N) is 1. The second-order valence-electron chi connectivity index (χ2n) is 4.14. The molecule has 1 aromatic heterocycles. The van der Waals surface area contributed by atoms with Crippen LogP contribution in [0.1, 0.15) is 19.3 Å². The summed E-state index contributed by atoms with van der Waals surface area (Å²) >= 11 is 11.6. The Morgan fingerprint density at radius 2 is 2.31 bits per heavy atom. The van der Waals surface area contributed by atoms with Gasteiger partial charge < -0.3 is 5.32 Å². The fourth-order valence-electron chi connectivity index (χ4n) is 1.98. The van der Waals surface area contributed by atoms with Crippen LogP contribution in [0.5, 0.6) is 0 Å². The molecule has 1 saturated carbocycles. The molecule has 1 N–H and O–H groups in total. The molecule has 2 atom stereocenters. The summed E-state index contributed by atoms with van der Waals surface area (Å²) in [5, 5.41) is 3.58. The van der Waals surface area contributed by atoms with E-state index < -0.39 is 5.82 Å². The van der Waals surface area contributed by atoms with Gasteiger partial charge in [-0.1, -0.05) is 11.6 Å². The van der Waals surface area contributed by atoms with Gasteiger partial charge in [0.05, 0.1) is 5.02 Å². The van der Waals surface area contributed by atoms with E-state index in [1.165, 1.54) is 12.3 Å². The van der Waals surface area contributed by atoms with E-state index in [2.05, 4.69) is 10.3 Å². The number of halogens is 3. The second-order valence-corrected chi connectivity index (χ2v) is 5.19. The number of pyridine rings is 1. The maximum atomic E-state index is 13.4. The van der Waals surface area contributed by atoms with E-state index in [0.29, 0.717) is 10.9 Å². The van der Waals surface area contributed by atoms with Crippen molar-refractivity contribution in [1.29, 1.82) is 0 Å². The summed E-state index contributed by atoms with van der Waals surface area (Å²) in [6, 6.07) is 1.26. The first-order valence-electron chi connectivity index (χ1n) is 5.34. The molecule has 0 aliphatic heterocycles. The van der Waals surface area contributed by atoms with Crippen LogP contribution in [-0.4, -0.2) is 16.9 Å². The molecule has 0 amide bonds. The molecule has 1 aromatic rings. The van der Waals surface area contributed by atoms with Crippen LogP contribution < -0.4 is 5.32 Å². The summed E-state index contributed by atoms with van der Waals surface area (Å²) in [6.07, 6.45) is 4.57. The third kappa shape index (κ3) is 2.98. The van der Waals surface area contributed by atoms with Gasteiger partial charge in [-0.3, -0.25) is 0 Å². The number of alkyl halides is 1. The Hall–Kier alpha value is -0.540. The van der Waals surface area contributed by atoms with Crippen LogP contribution in [-0.2, 0) is 0 Å². The molecular weight excluding hydrogens is 250 g/mol. The van der Waals surface area contributed by atoms with E-state index in [0.717, 1.165) is 25.8 Å². The Bertz CT molecular complexity index is 373. The topological polar surface area (TPSA) is 24.9 Å². The average Bonchev–Trinajstić information content (AvgIpc) is 2.63. The van der Waals surface area contributed by atoms with Crippen LogP contribution in [0.15, 0.2) is 12.3 Å². The molecule has 2 rings (SSSR count). The van der Waals surface area contributed by atoms with Crippen LogP contribution >= 0.6 is 23.2 Å². The maximum Gasteiger partial charge on any atom is 0.166 e. The Labute approximate surface area is 104 Å². The van der Waals surface area contributed by atoms with Crippen LogP contribution in [0, 0.1) is 11.7 Å². The Kier molecular flexibility index (Phi) is 3.87. The summed E-state index contributed by atoms with van der Waals surface area (Å²) in [5.41, 5.74) is 0. The van der Waals surface area contributed by atoms with Crippen molar-refractivity contribution in [3.63, 3.8) is 0 Å². The van der Waals surface area contributed by atoms with E-state index in [-0.39, 0.29) is 11.2 Å². The maximum absolute atomic E-state index is 13.4. The lowest BCUT2D eigenvalue weighted by Crippen LogP contribution is -2.13. The monoisotopic (exact) mass is 262 g/mol. The summed E-state index contributed by atoms with van der Waals surface area (Å²) in [5.74, 6) is 0.370.